The third kappa shape index (κ3) is 6.70. The van der Waals surface area contributed by atoms with Gasteiger partial charge in [0, 0.05) is 18.9 Å². The van der Waals surface area contributed by atoms with Gasteiger partial charge in [0.25, 0.3) is 5.91 Å². The van der Waals surface area contributed by atoms with Gasteiger partial charge in [0.1, 0.15) is 11.8 Å². The van der Waals surface area contributed by atoms with Crippen LogP contribution in [0.5, 0.6) is 5.75 Å². The molecular formula is C24H28N4O3. The molecule has 2 aromatic carbocycles. The number of carbonyl (C=O) groups excluding carboxylic acids is 2. The van der Waals surface area contributed by atoms with Crippen molar-refractivity contribution in [1.82, 2.24) is 20.4 Å². The lowest BCUT2D eigenvalue weighted by Gasteiger charge is -2.22. The summed E-state index contributed by atoms with van der Waals surface area (Å²) in [5.74, 6) is 0.0407. The quantitative estimate of drug-likeness (QED) is 0.528. The second kappa shape index (κ2) is 11.0. The zero-order valence-corrected chi connectivity index (χ0v) is 17.8. The summed E-state index contributed by atoms with van der Waals surface area (Å²) in [4.78, 5) is 24.9. The van der Waals surface area contributed by atoms with Crippen LogP contribution in [-0.4, -0.2) is 40.8 Å². The molecule has 31 heavy (non-hydrogen) atoms. The van der Waals surface area contributed by atoms with Crippen molar-refractivity contribution in [3.8, 4) is 11.4 Å². The van der Waals surface area contributed by atoms with E-state index in [1.54, 1.807) is 23.0 Å². The molecule has 1 heterocycles. The normalized spacial score (nSPS) is 11.7. The molecule has 162 valence electrons. The first-order valence-corrected chi connectivity index (χ1v) is 10.4. The van der Waals surface area contributed by atoms with E-state index in [0.717, 1.165) is 11.3 Å². The maximum Gasteiger partial charge on any atom is 0.258 e. The van der Waals surface area contributed by atoms with Gasteiger partial charge in [-0.15, -0.1) is 0 Å². The summed E-state index contributed by atoms with van der Waals surface area (Å²) in [6.07, 6.45) is 4.32. The van der Waals surface area contributed by atoms with Gasteiger partial charge in [0.15, 0.2) is 6.61 Å². The maximum atomic E-state index is 12.6. The Hall–Kier alpha value is -3.61. The summed E-state index contributed by atoms with van der Waals surface area (Å²) in [5, 5.41) is 9.90. The first kappa shape index (κ1) is 22.1. The zero-order chi connectivity index (χ0) is 22.1. The fourth-order valence-corrected chi connectivity index (χ4v) is 3.09. The molecule has 3 rings (SSSR count). The van der Waals surface area contributed by atoms with Crippen LogP contribution >= 0.6 is 0 Å². The first-order chi connectivity index (χ1) is 15.0. The number of ether oxygens (including phenoxy) is 1. The molecule has 0 bridgehead atoms. The van der Waals surface area contributed by atoms with Crippen LogP contribution in [-0.2, 0) is 16.0 Å². The number of rotatable bonds is 10. The zero-order valence-electron chi connectivity index (χ0n) is 17.8. The largest absolute Gasteiger partial charge is 0.484 e. The number of para-hydroxylation sites is 1. The van der Waals surface area contributed by atoms with Gasteiger partial charge in [-0.3, -0.25) is 9.59 Å². The Morgan fingerprint density at radius 1 is 1.03 bits per heavy atom. The van der Waals surface area contributed by atoms with E-state index in [1.807, 2.05) is 68.6 Å². The molecule has 0 aliphatic carbocycles. The van der Waals surface area contributed by atoms with Gasteiger partial charge in [-0.1, -0.05) is 44.2 Å². The van der Waals surface area contributed by atoms with E-state index in [9.17, 15) is 9.59 Å². The highest BCUT2D eigenvalue weighted by atomic mass is 16.5. The van der Waals surface area contributed by atoms with Gasteiger partial charge < -0.3 is 15.4 Å². The number of hydrogen-bond donors (Lipinski definition) is 2. The summed E-state index contributed by atoms with van der Waals surface area (Å²) in [7, 11) is 0. The molecule has 0 aliphatic rings. The number of nitrogens with one attached hydrogen (secondary N) is 2. The van der Waals surface area contributed by atoms with Crippen LogP contribution in [0.2, 0.25) is 0 Å². The molecule has 0 aliphatic heterocycles. The molecule has 2 N–H and O–H groups in total. The topological polar surface area (TPSA) is 85.2 Å². The molecule has 0 radical (unpaired) electrons. The molecule has 0 spiro atoms. The van der Waals surface area contributed by atoms with Crippen LogP contribution in [0.15, 0.2) is 73.1 Å². The molecular weight excluding hydrogens is 392 g/mol. The van der Waals surface area contributed by atoms with Crippen LogP contribution in [0.3, 0.4) is 0 Å². The van der Waals surface area contributed by atoms with Crippen LogP contribution in [0.25, 0.3) is 5.69 Å². The average molecular weight is 421 g/mol. The SMILES string of the molecule is CC(C)C(NC(=O)COc1ccccc1)C(=O)NCCc1ccc(-n2cccn2)cc1. The van der Waals surface area contributed by atoms with Gasteiger partial charge in [0.05, 0.1) is 5.69 Å². The van der Waals surface area contributed by atoms with Crippen molar-refractivity contribution in [1.29, 1.82) is 0 Å². The van der Waals surface area contributed by atoms with E-state index < -0.39 is 6.04 Å². The molecule has 3 aromatic rings. The molecule has 0 saturated heterocycles. The molecule has 1 atom stereocenters. The minimum atomic E-state index is -0.617. The Labute approximate surface area is 182 Å². The van der Waals surface area contributed by atoms with Crippen molar-refractivity contribution in [3.05, 3.63) is 78.6 Å². The van der Waals surface area contributed by atoms with Crippen LogP contribution in [0.1, 0.15) is 19.4 Å². The number of nitrogens with zero attached hydrogens (tertiary/aromatic N) is 2. The highest BCUT2D eigenvalue weighted by molar-refractivity contribution is 5.88. The van der Waals surface area contributed by atoms with Crippen molar-refractivity contribution >= 4 is 11.8 Å². The van der Waals surface area contributed by atoms with Crippen molar-refractivity contribution < 1.29 is 14.3 Å². The molecule has 7 nitrogen and oxygen atoms in total. The lowest BCUT2D eigenvalue weighted by molar-refractivity contribution is -0.131. The molecule has 1 unspecified atom stereocenters. The minimum absolute atomic E-state index is 0.0472. The standard InChI is InChI=1S/C24H28N4O3/c1-18(2)23(27-22(29)17-31-21-7-4-3-5-8-21)24(30)25-15-13-19-9-11-20(12-10-19)28-16-6-14-26-28/h3-12,14,16,18,23H,13,15,17H2,1-2H3,(H,25,30)(H,27,29). The van der Waals surface area contributed by atoms with E-state index in [1.165, 1.54) is 0 Å². The van der Waals surface area contributed by atoms with Gasteiger partial charge >= 0.3 is 0 Å². The third-order valence-electron chi connectivity index (χ3n) is 4.80. The van der Waals surface area contributed by atoms with E-state index in [-0.39, 0.29) is 24.3 Å². The lowest BCUT2D eigenvalue weighted by Crippen LogP contribution is -2.51. The van der Waals surface area contributed by atoms with Crippen molar-refractivity contribution in [2.45, 2.75) is 26.3 Å². The number of hydrogen-bond acceptors (Lipinski definition) is 4. The predicted molar refractivity (Wildman–Crippen MR) is 119 cm³/mol. The Kier molecular flexibility index (Phi) is 7.81. The average Bonchev–Trinajstić information content (AvgIpc) is 3.32. The lowest BCUT2D eigenvalue weighted by atomic mass is 10.0. The Morgan fingerprint density at radius 2 is 1.77 bits per heavy atom. The molecule has 2 amide bonds. The summed E-state index contributed by atoms with van der Waals surface area (Å²) < 4.78 is 7.25. The van der Waals surface area contributed by atoms with E-state index in [0.29, 0.717) is 18.7 Å². The number of aromatic nitrogens is 2. The predicted octanol–water partition coefficient (Wildman–Crippen LogP) is 2.75. The summed E-state index contributed by atoms with van der Waals surface area (Å²) >= 11 is 0. The summed E-state index contributed by atoms with van der Waals surface area (Å²) in [5.41, 5.74) is 2.09. The second-order valence-corrected chi connectivity index (χ2v) is 7.55. The highest BCUT2D eigenvalue weighted by Crippen LogP contribution is 2.10. The van der Waals surface area contributed by atoms with Gasteiger partial charge in [-0.2, -0.15) is 5.10 Å². The Morgan fingerprint density at radius 3 is 2.42 bits per heavy atom. The third-order valence-corrected chi connectivity index (χ3v) is 4.80. The molecule has 7 heteroatoms. The number of carbonyl (C=O) groups is 2. The van der Waals surface area contributed by atoms with E-state index in [2.05, 4.69) is 15.7 Å². The minimum Gasteiger partial charge on any atom is -0.484 e. The fraction of sp³-hybridized carbons (Fsp3) is 0.292. The van der Waals surface area contributed by atoms with E-state index >= 15 is 0 Å². The second-order valence-electron chi connectivity index (χ2n) is 7.55. The van der Waals surface area contributed by atoms with Gasteiger partial charge in [-0.05, 0) is 48.2 Å². The Balaban J connectivity index is 1.45. The van der Waals surface area contributed by atoms with Crippen molar-refractivity contribution in [2.75, 3.05) is 13.2 Å². The van der Waals surface area contributed by atoms with Gasteiger partial charge in [0.2, 0.25) is 5.91 Å². The van der Waals surface area contributed by atoms with Crippen molar-refractivity contribution in [2.24, 2.45) is 5.92 Å². The Bertz CT molecular complexity index is 954. The highest BCUT2D eigenvalue weighted by Gasteiger charge is 2.24. The molecule has 1 aromatic heterocycles. The smallest absolute Gasteiger partial charge is 0.258 e. The van der Waals surface area contributed by atoms with Crippen LogP contribution in [0, 0.1) is 5.92 Å². The monoisotopic (exact) mass is 420 g/mol. The van der Waals surface area contributed by atoms with Crippen LogP contribution in [0.4, 0.5) is 0 Å². The van der Waals surface area contributed by atoms with Crippen molar-refractivity contribution in [3.63, 3.8) is 0 Å². The fourth-order valence-electron chi connectivity index (χ4n) is 3.09. The summed E-state index contributed by atoms with van der Waals surface area (Å²) in [6.45, 7) is 4.15. The van der Waals surface area contributed by atoms with Crippen LogP contribution < -0.4 is 15.4 Å². The molecule has 0 saturated carbocycles. The first-order valence-electron chi connectivity index (χ1n) is 10.4. The molecule has 0 fully saturated rings. The number of amides is 2. The summed E-state index contributed by atoms with van der Waals surface area (Å²) in [6, 6.07) is 18.4. The number of benzene rings is 2. The maximum absolute atomic E-state index is 12.6. The van der Waals surface area contributed by atoms with E-state index in [4.69, 9.17) is 4.74 Å². The van der Waals surface area contributed by atoms with Gasteiger partial charge in [-0.25, -0.2) is 4.68 Å².